The van der Waals surface area contributed by atoms with E-state index in [0.29, 0.717) is 6.04 Å². The minimum absolute atomic E-state index is 0.0748. The van der Waals surface area contributed by atoms with Crippen LogP contribution in [0.2, 0.25) is 0 Å². The Morgan fingerprint density at radius 2 is 1.82 bits per heavy atom. The summed E-state index contributed by atoms with van der Waals surface area (Å²) in [6.45, 7) is 6.62. The molecule has 0 bridgehead atoms. The van der Waals surface area contributed by atoms with Crippen LogP contribution in [0.5, 0.6) is 0 Å². The molecule has 5 heteroatoms. The van der Waals surface area contributed by atoms with Gasteiger partial charge < -0.3 is 10.6 Å². The fraction of sp³-hybridized carbons (Fsp3) is 0.882. The van der Waals surface area contributed by atoms with Crippen molar-refractivity contribution in [1.82, 2.24) is 15.5 Å². The minimum atomic E-state index is -0.0748. The number of nitrogens with one attached hydrogen (secondary N) is 2. The molecule has 1 atom stereocenters. The molecule has 2 rings (SSSR count). The quantitative estimate of drug-likeness (QED) is 0.671. The number of carbonyl (C=O) groups is 2. The maximum Gasteiger partial charge on any atom is 0.237 e. The van der Waals surface area contributed by atoms with E-state index in [1.165, 1.54) is 12.8 Å². The molecule has 126 valence electrons. The summed E-state index contributed by atoms with van der Waals surface area (Å²) in [5.74, 6) is 0.465. The maximum atomic E-state index is 12.1. The third-order valence-corrected chi connectivity index (χ3v) is 4.83. The molecule has 22 heavy (non-hydrogen) atoms. The van der Waals surface area contributed by atoms with Crippen LogP contribution in [-0.2, 0) is 9.59 Å². The minimum Gasteiger partial charge on any atom is -0.356 e. The Morgan fingerprint density at radius 3 is 2.41 bits per heavy atom. The second-order valence-electron chi connectivity index (χ2n) is 6.77. The molecular formula is C17H31N3O2. The van der Waals surface area contributed by atoms with E-state index in [0.717, 1.165) is 51.7 Å². The fourth-order valence-electron chi connectivity index (χ4n) is 3.00. The summed E-state index contributed by atoms with van der Waals surface area (Å²) >= 11 is 0. The second kappa shape index (κ2) is 8.51. The lowest BCUT2D eigenvalue weighted by Crippen LogP contribution is -2.50. The molecule has 1 saturated carbocycles. The molecule has 1 unspecified atom stereocenters. The van der Waals surface area contributed by atoms with Crippen molar-refractivity contribution in [3.05, 3.63) is 0 Å². The molecule has 5 nitrogen and oxygen atoms in total. The highest BCUT2D eigenvalue weighted by Crippen LogP contribution is 2.21. The average Bonchev–Trinajstić information content (AvgIpc) is 3.34. The number of amides is 2. The van der Waals surface area contributed by atoms with Crippen LogP contribution >= 0.6 is 0 Å². The maximum absolute atomic E-state index is 12.1. The molecule has 0 aromatic carbocycles. The Kier molecular flexibility index (Phi) is 6.68. The van der Waals surface area contributed by atoms with Gasteiger partial charge in [0.1, 0.15) is 0 Å². The molecule has 2 N–H and O–H groups in total. The van der Waals surface area contributed by atoms with Crippen molar-refractivity contribution in [2.24, 2.45) is 5.92 Å². The number of hydrogen-bond acceptors (Lipinski definition) is 3. The first-order chi connectivity index (χ1) is 10.6. The van der Waals surface area contributed by atoms with Gasteiger partial charge in [-0.25, -0.2) is 0 Å². The molecule has 2 fully saturated rings. The van der Waals surface area contributed by atoms with Crippen molar-refractivity contribution in [3.63, 3.8) is 0 Å². The Hall–Kier alpha value is -1.10. The van der Waals surface area contributed by atoms with Crippen molar-refractivity contribution in [2.45, 2.75) is 70.9 Å². The molecule has 0 radical (unpaired) electrons. The predicted molar refractivity (Wildman–Crippen MR) is 87.5 cm³/mol. The summed E-state index contributed by atoms with van der Waals surface area (Å²) in [5, 5.41) is 6.12. The third-order valence-electron chi connectivity index (χ3n) is 4.83. The summed E-state index contributed by atoms with van der Waals surface area (Å²) in [6, 6.07) is 0.343. The molecule has 1 heterocycles. The van der Waals surface area contributed by atoms with Crippen LogP contribution < -0.4 is 10.6 Å². The topological polar surface area (TPSA) is 61.4 Å². The molecule has 1 saturated heterocycles. The second-order valence-corrected chi connectivity index (χ2v) is 6.77. The van der Waals surface area contributed by atoms with E-state index < -0.39 is 0 Å². The zero-order chi connectivity index (χ0) is 15.9. The van der Waals surface area contributed by atoms with Crippen molar-refractivity contribution in [2.75, 3.05) is 19.6 Å². The first-order valence-corrected chi connectivity index (χ1v) is 8.94. The molecular weight excluding hydrogens is 278 g/mol. The zero-order valence-corrected chi connectivity index (χ0v) is 14.1. The summed E-state index contributed by atoms with van der Waals surface area (Å²) in [7, 11) is 0. The Bertz CT molecular complexity index is 374. The Labute approximate surface area is 134 Å². The molecule has 2 amide bonds. The Balaban J connectivity index is 1.65. The summed E-state index contributed by atoms with van der Waals surface area (Å²) < 4.78 is 0. The number of carbonyl (C=O) groups excluding carboxylic acids is 2. The average molecular weight is 309 g/mol. The van der Waals surface area contributed by atoms with Gasteiger partial charge in [0.05, 0.1) is 6.04 Å². The number of likely N-dealkylation sites (tertiary alicyclic amines) is 1. The van der Waals surface area contributed by atoms with Gasteiger partial charge in [0, 0.05) is 18.5 Å². The third kappa shape index (κ3) is 5.27. The zero-order valence-electron chi connectivity index (χ0n) is 14.1. The van der Waals surface area contributed by atoms with E-state index in [2.05, 4.69) is 22.5 Å². The van der Waals surface area contributed by atoms with Crippen molar-refractivity contribution < 1.29 is 9.59 Å². The summed E-state index contributed by atoms with van der Waals surface area (Å²) in [4.78, 5) is 26.4. The van der Waals surface area contributed by atoms with Gasteiger partial charge in [-0.1, -0.05) is 19.8 Å². The first kappa shape index (κ1) is 17.3. The van der Waals surface area contributed by atoms with Crippen molar-refractivity contribution in [3.8, 4) is 0 Å². The van der Waals surface area contributed by atoms with E-state index in [9.17, 15) is 9.59 Å². The van der Waals surface area contributed by atoms with Gasteiger partial charge in [0.2, 0.25) is 11.8 Å². The standard InChI is InChI=1S/C17H31N3O2/c1-3-4-5-10-18-17(22)14-8-11-20(12-9-14)13(2)16(21)19-15-6-7-15/h13-15H,3-12H2,1-2H3,(H,18,22)(H,19,21). The molecule has 1 aliphatic heterocycles. The molecule has 2 aliphatic rings. The number of hydrogen-bond donors (Lipinski definition) is 2. The predicted octanol–water partition coefficient (Wildman–Crippen LogP) is 1.67. The van der Waals surface area contributed by atoms with Crippen LogP contribution in [-0.4, -0.2) is 48.4 Å². The number of rotatable bonds is 8. The number of nitrogens with zero attached hydrogens (tertiary/aromatic N) is 1. The lowest BCUT2D eigenvalue weighted by molar-refractivity contribution is -0.128. The van der Waals surface area contributed by atoms with Gasteiger partial charge >= 0.3 is 0 Å². The van der Waals surface area contributed by atoms with Crippen molar-refractivity contribution in [1.29, 1.82) is 0 Å². The van der Waals surface area contributed by atoms with Crippen molar-refractivity contribution >= 4 is 11.8 Å². The van der Waals surface area contributed by atoms with Crippen LogP contribution in [0.1, 0.15) is 58.8 Å². The van der Waals surface area contributed by atoms with Gasteiger partial charge in [-0.15, -0.1) is 0 Å². The molecule has 0 aromatic heterocycles. The normalized spacial score (nSPS) is 21.4. The highest BCUT2D eigenvalue weighted by Gasteiger charge is 2.31. The van der Waals surface area contributed by atoms with E-state index in [-0.39, 0.29) is 23.8 Å². The van der Waals surface area contributed by atoms with Crippen LogP contribution in [0.3, 0.4) is 0 Å². The molecule has 0 spiro atoms. The smallest absolute Gasteiger partial charge is 0.237 e. The highest BCUT2D eigenvalue weighted by atomic mass is 16.2. The van der Waals surface area contributed by atoms with Crippen LogP contribution in [0.15, 0.2) is 0 Å². The van der Waals surface area contributed by atoms with E-state index in [1.54, 1.807) is 0 Å². The van der Waals surface area contributed by atoms with Crippen LogP contribution in [0.25, 0.3) is 0 Å². The monoisotopic (exact) mass is 309 g/mol. The van der Waals surface area contributed by atoms with Gasteiger partial charge in [-0.05, 0) is 52.1 Å². The molecule has 0 aromatic rings. The van der Waals surface area contributed by atoms with Crippen LogP contribution in [0.4, 0.5) is 0 Å². The van der Waals surface area contributed by atoms with E-state index >= 15 is 0 Å². The molecule has 1 aliphatic carbocycles. The largest absolute Gasteiger partial charge is 0.356 e. The van der Waals surface area contributed by atoms with E-state index in [1.807, 2.05) is 6.92 Å². The van der Waals surface area contributed by atoms with Gasteiger partial charge in [-0.3, -0.25) is 14.5 Å². The summed E-state index contributed by atoms with van der Waals surface area (Å²) in [5.41, 5.74) is 0. The lowest BCUT2D eigenvalue weighted by atomic mass is 9.95. The highest BCUT2D eigenvalue weighted by molar-refractivity contribution is 5.82. The fourth-order valence-corrected chi connectivity index (χ4v) is 3.00. The van der Waals surface area contributed by atoms with Gasteiger partial charge in [0.15, 0.2) is 0 Å². The lowest BCUT2D eigenvalue weighted by Gasteiger charge is -2.34. The SMILES string of the molecule is CCCCCNC(=O)C1CCN(C(C)C(=O)NC2CC2)CC1. The van der Waals surface area contributed by atoms with Crippen LogP contribution in [0, 0.1) is 5.92 Å². The first-order valence-electron chi connectivity index (χ1n) is 8.94. The summed E-state index contributed by atoms with van der Waals surface area (Å²) in [6.07, 6.45) is 7.39. The van der Waals surface area contributed by atoms with Gasteiger partial charge in [-0.2, -0.15) is 0 Å². The Morgan fingerprint density at radius 1 is 1.14 bits per heavy atom. The van der Waals surface area contributed by atoms with Gasteiger partial charge in [0.25, 0.3) is 0 Å². The van der Waals surface area contributed by atoms with E-state index in [4.69, 9.17) is 0 Å². The number of piperidine rings is 1. The number of unbranched alkanes of at least 4 members (excludes halogenated alkanes) is 2.